The molecule has 0 N–H and O–H groups in total. The van der Waals surface area contributed by atoms with Gasteiger partial charge in [0.1, 0.15) is 5.60 Å². The van der Waals surface area contributed by atoms with Gasteiger partial charge in [-0.05, 0) is 53.7 Å². The number of hydrogen-bond acceptors (Lipinski definition) is 3. The fourth-order valence-corrected chi connectivity index (χ4v) is 2.37. The van der Waals surface area contributed by atoms with E-state index < -0.39 is 5.60 Å². The number of ether oxygens (including phenoxy) is 1. The first kappa shape index (κ1) is 18.3. The third-order valence-corrected chi connectivity index (χ3v) is 3.41. The fraction of sp³-hybridized carbons (Fsp3) is 0.611. The Morgan fingerprint density at radius 1 is 1.23 bits per heavy atom. The van der Waals surface area contributed by atoms with E-state index in [0.717, 1.165) is 12.2 Å². The number of hydrogen-bond donors (Lipinski definition) is 0. The first-order valence-corrected chi connectivity index (χ1v) is 7.86. The summed E-state index contributed by atoms with van der Waals surface area (Å²) in [5.41, 5.74) is 1.89. The molecule has 1 aliphatic heterocycles. The SMILES string of the molecule is C=CC(=CC=C(C)C)N1CCN(C(=O)OC(C)(C)C)CC1C. The molecule has 1 heterocycles. The largest absolute Gasteiger partial charge is 0.444 e. The molecule has 0 saturated carbocycles. The Labute approximate surface area is 135 Å². The molecule has 0 aromatic rings. The highest BCUT2D eigenvalue weighted by Crippen LogP contribution is 2.19. The summed E-state index contributed by atoms with van der Waals surface area (Å²) in [5, 5.41) is 0. The van der Waals surface area contributed by atoms with Crippen LogP contribution in [-0.2, 0) is 4.74 Å². The van der Waals surface area contributed by atoms with Crippen LogP contribution in [0.2, 0.25) is 0 Å². The van der Waals surface area contributed by atoms with Crippen molar-refractivity contribution < 1.29 is 9.53 Å². The highest BCUT2D eigenvalue weighted by molar-refractivity contribution is 5.68. The van der Waals surface area contributed by atoms with Crippen molar-refractivity contribution in [2.45, 2.75) is 53.2 Å². The zero-order chi connectivity index (χ0) is 16.9. The molecule has 124 valence electrons. The Hall–Kier alpha value is -1.71. The van der Waals surface area contributed by atoms with E-state index in [4.69, 9.17) is 4.74 Å². The standard InChI is InChI=1S/C18H30N2O2/c1-8-16(10-9-14(2)3)20-12-11-19(13-15(20)4)17(21)22-18(5,6)7/h8-10,15H,1,11-13H2,2-7H3. The zero-order valence-electron chi connectivity index (χ0n) is 14.8. The van der Waals surface area contributed by atoms with Crippen LogP contribution in [0, 0.1) is 0 Å². The molecule has 1 fully saturated rings. The molecule has 0 bridgehead atoms. The van der Waals surface area contributed by atoms with Gasteiger partial charge in [-0.3, -0.25) is 0 Å². The van der Waals surface area contributed by atoms with Crippen LogP contribution >= 0.6 is 0 Å². The van der Waals surface area contributed by atoms with Gasteiger partial charge in [0.05, 0.1) is 0 Å². The molecule has 1 unspecified atom stereocenters. The van der Waals surface area contributed by atoms with Gasteiger partial charge in [0, 0.05) is 31.4 Å². The summed E-state index contributed by atoms with van der Waals surface area (Å²) >= 11 is 0. The van der Waals surface area contributed by atoms with Crippen LogP contribution in [0.5, 0.6) is 0 Å². The summed E-state index contributed by atoms with van der Waals surface area (Å²) < 4.78 is 5.45. The Balaban J connectivity index is 2.73. The summed E-state index contributed by atoms with van der Waals surface area (Å²) in [7, 11) is 0. The molecule has 1 amide bonds. The van der Waals surface area contributed by atoms with Gasteiger partial charge >= 0.3 is 6.09 Å². The van der Waals surface area contributed by atoms with E-state index in [1.54, 1.807) is 4.90 Å². The number of nitrogens with zero attached hydrogens (tertiary/aromatic N) is 2. The molecule has 4 nitrogen and oxygen atoms in total. The van der Waals surface area contributed by atoms with Crippen molar-refractivity contribution in [1.82, 2.24) is 9.80 Å². The van der Waals surface area contributed by atoms with Crippen molar-refractivity contribution in [2.24, 2.45) is 0 Å². The fourth-order valence-electron chi connectivity index (χ4n) is 2.37. The molecule has 0 aromatic carbocycles. The number of amides is 1. The van der Waals surface area contributed by atoms with Crippen LogP contribution in [0.4, 0.5) is 4.79 Å². The summed E-state index contributed by atoms with van der Waals surface area (Å²) in [6.07, 6.45) is 5.82. The molecular weight excluding hydrogens is 276 g/mol. The average molecular weight is 306 g/mol. The van der Waals surface area contributed by atoms with Crippen molar-refractivity contribution >= 4 is 6.09 Å². The van der Waals surface area contributed by atoms with Gasteiger partial charge in [-0.25, -0.2) is 4.79 Å². The van der Waals surface area contributed by atoms with E-state index in [2.05, 4.69) is 44.4 Å². The van der Waals surface area contributed by atoms with Crippen LogP contribution in [-0.4, -0.2) is 47.2 Å². The number of carbonyl (C=O) groups excluding carboxylic acids is 1. The van der Waals surface area contributed by atoms with Crippen LogP contribution in [0.25, 0.3) is 0 Å². The summed E-state index contributed by atoms with van der Waals surface area (Å²) in [6.45, 7) is 18.0. The van der Waals surface area contributed by atoms with E-state index in [-0.39, 0.29) is 12.1 Å². The molecule has 0 aromatic heterocycles. The smallest absolute Gasteiger partial charge is 0.410 e. The van der Waals surface area contributed by atoms with Gasteiger partial charge in [-0.1, -0.05) is 18.2 Å². The van der Waals surface area contributed by atoms with Crippen molar-refractivity contribution in [3.63, 3.8) is 0 Å². The lowest BCUT2D eigenvalue weighted by atomic mass is 10.1. The molecule has 1 saturated heterocycles. The van der Waals surface area contributed by atoms with Crippen LogP contribution in [0.3, 0.4) is 0 Å². The topological polar surface area (TPSA) is 32.8 Å². The van der Waals surface area contributed by atoms with Gasteiger partial charge in [0.25, 0.3) is 0 Å². The quantitative estimate of drug-likeness (QED) is 0.740. The molecule has 4 heteroatoms. The second-order valence-corrected chi connectivity index (χ2v) is 7.01. The predicted octanol–water partition coefficient (Wildman–Crippen LogP) is 3.96. The normalized spacial score (nSPS) is 19.7. The third-order valence-electron chi connectivity index (χ3n) is 3.41. The molecule has 1 atom stereocenters. The van der Waals surface area contributed by atoms with Gasteiger partial charge in [0.2, 0.25) is 0 Å². The lowest BCUT2D eigenvalue weighted by molar-refractivity contribution is 0.0105. The second-order valence-electron chi connectivity index (χ2n) is 7.01. The zero-order valence-corrected chi connectivity index (χ0v) is 14.8. The van der Waals surface area contributed by atoms with Gasteiger partial charge in [-0.2, -0.15) is 0 Å². The minimum Gasteiger partial charge on any atom is -0.444 e. The third kappa shape index (κ3) is 5.58. The maximum absolute atomic E-state index is 12.2. The maximum Gasteiger partial charge on any atom is 0.410 e. The van der Waals surface area contributed by atoms with E-state index in [0.29, 0.717) is 13.1 Å². The molecule has 22 heavy (non-hydrogen) atoms. The Kier molecular flexibility index (Phi) is 6.27. The molecule has 1 aliphatic rings. The van der Waals surface area contributed by atoms with Crippen molar-refractivity contribution in [3.8, 4) is 0 Å². The van der Waals surface area contributed by atoms with Crippen molar-refractivity contribution in [1.29, 1.82) is 0 Å². The highest BCUT2D eigenvalue weighted by atomic mass is 16.6. The first-order valence-electron chi connectivity index (χ1n) is 7.86. The van der Waals surface area contributed by atoms with E-state index in [9.17, 15) is 4.79 Å². The predicted molar refractivity (Wildman–Crippen MR) is 91.7 cm³/mol. The van der Waals surface area contributed by atoms with Gasteiger partial charge < -0.3 is 14.5 Å². The molecule has 0 aliphatic carbocycles. The molecule has 0 radical (unpaired) electrons. The Bertz CT molecular complexity index is 468. The monoisotopic (exact) mass is 306 g/mol. The first-order chi connectivity index (χ1) is 10.1. The van der Waals surface area contributed by atoms with Crippen LogP contribution < -0.4 is 0 Å². The second kappa shape index (κ2) is 7.52. The molecular formula is C18H30N2O2. The van der Waals surface area contributed by atoms with Crippen molar-refractivity contribution in [2.75, 3.05) is 19.6 Å². The van der Waals surface area contributed by atoms with Crippen LogP contribution in [0.15, 0.2) is 36.1 Å². The van der Waals surface area contributed by atoms with E-state index in [1.165, 1.54) is 5.57 Å². The van der Waals surface area contributed by atoms with Crippen molar-refractivity contribution in [3.05, 3.63) is 36.1 Å². The average Bonchev–Trinajstić information content (AvgIpc) is 2.38. The number of allylic oxidation sites excluding steroid dienone is 4. The van der Waals surface area contributed by atoms with E-state index in [1.807, 2.05) is 26.8 Å². The van der Waals surface area contributed by atoms with Gasteiger partial charge in [0.15, 0.2) is 0 Å². The van der Waals surface area contributed by atoms with E-state index >= 15 is 0 Å². The minimum atomic E-state index is -0.451. The number of piperazine rings is 1. The molecule has 1 rings (SSSR count). The summed E-state index contributed by atoms with van der Waals surface area (Å²) in [5.74, 6) is 0. The summed E-state index contributed by atoms with van der Waals surface area (Å²) in [4.78, 5) is 16.2. The lowest BCUT2D eigenvalue weighted by Gasteiger charge is -2.41. The minimum absolute atomic E-state index is 0.229. The van der Waals surface area contributed by atoms with Gasteiger partial charge in [-0.15, -0.1) is 0 Å². The lowest BCUT2D eigenvalue weighted by Crippen LogP contribution is -2.53. The molecule has 0 spiro atoms. The number of carbonyl (C=O) groups is 1. The Morgan fingerprint density at radius 3 is 2.32 bits per heavy atom. The highest BCUT2D eigenvalue weighted by Gasteiger charge is 2.29. The van der Waals surface area contributed by atoms with Crippen LogP contribution in [0.1, 0.15) is 41.5 Å². The Morgan fingerprint density at radius 2 is 1.86 bits per heavy atom. The number of rotatable bonds is 3. The maximum atomic E-state index is 12.2. The summed E-state index contributed by atoms with van der Waals surface area (Å²) in [6, 6.07) is 0.232.